The number of nitrogens with zero attached hydrogens (tertiary/aromatic N) is 5. The Bertz CT molecular complexity index is 1520. The fraction of sp³-hybridized carbons (Fsp3) is 0.136. The SMILES string of the molecule is CCn1nc([N+](=O)[O-])c2c(-c3nc4ccccc4o3)c(N)n(Cc3ccccc3)c2c1=O. The first kappa shape index (κ1) is 19.5. The van der Waals surface area contributed by atoms with Crippen LogP contribution in [0.15, 0.2) is 63.8 Å². The molecule has 10 nitrogen and oxygen atoms in total. The highest BCUT2D eigenvalue weighted by Gasteiger charge is 2.32. The topological polar surface area (TPSA) is 135 Å². The van der Waals surface area contributed by atoms with Crippen molar-refractivity contribution in [3.63, 3.8) is 0 Å². The summed E-state index contributed by atoms with van der Waals surface area (Å²) in [5, 5.41) is 16.0. The molecule has 0 radical (unpaired) electrons. The van der Waals surface area contributed by atoms with Crippen molar-refractivity contribution in [2.45, 2.75) is 20.0 Å². The third-order valence-electron chi connectivity index (χ3n) is 5.34. The van der Waals surface area contributed by atoms with E-state index < -0.39 is 16.3 Å². The molecule has 0 aliphatic heterocycles. The van der Waals surface area contributed by atoms with Crippen LogP contribution in [0.2, 0.25) is 0 Å². The van der Waals surface area contributed by atoms with Gasteiger partial charge in [-0.15, -0.1) is 4.68 Å². The predicted molar refractivity (Wildman–Crippen MR) is 119 cm³/mol. The van der Waals surface area contributed by atoms with E-state index in [4.69, 9.17) is 10.2 Å². The molecule has 3 heterocycles. The van der Waals surface area contributed by atoms with Gasteiger partial charge in [0, 0.05) is 6.54 Å². The van der Waals surface area contributed by atoms with Crippen LogP contribution < -0.4 is 11.3 Å². The lowest BCUT2D eigenvalue weighted by atomic mass is 10.2. The van der Waals surface area contributed by atoms with Gasteiger partial charge in [-0.05, 0) is 29.5 Å². The molecule has 0 fully saturated rings. The summed E-state index contributed by atoms with van der Waals surface area (Å²) in [4.78, 5) is 29.1. The largest absolute Gasteiger partial charge is 0.436 e. The van der Waals surface area contributed by atoms with Crippen LogP contribution in [0.25, 0.3) is 33.5 Å². The van der Waals surface area contributed by atoms with Gasteiger partial charge in [0.05, 0.1) is 17.2 Å². The zero-order valence-corrected chi connectivity index (χ0v) is 17.1. The Kier molecular flexibility index (Phi) is 4.47. The van der Waals surface area contributed by atoms with Crippen molar-refractivity contribution in [1.29, 1.82) is 0 Å². The zero-order valence-electron chi connectivity index (χ0n) is 17.1. The van der Waals surface area contributed by atoms with Gasteiger partial charge in [-0.25, -0.2) is 4.98 Å². The molecular weight excluding hydrogens is 412 g/mol. The molecule has 0 saturated heterocycles. The zero-order chi connectivity index (χ0) is 22.4. The molecule has 0 atom stereocenters. The van der Waals surface area contributed by atoms with Gasteiger partial charge in [-0.3, -0.25) is 4.79 Å². The monoisotopic (exact) mass is 430 g/mol. The Morgan fingerprint density at radius 2 is 1.84 bits per heavy atom. The molecule has 2 aromatic carbocycles. The Morgan fingerprint density at radius 1 is 1.12 bits per heavy atom. The van der Waals surface area contributed by atoms with Crippen LogP contribution in [0.5, 0.6) is 0 Å². The van der Waals surface area contributed by atoms with Crippen LogP contribution in [0, 0.1) is 10.1 Å². The van der Waals surface area contributed by atoms with Crippen molar-refractivity contribution in [2.75, 3.05) is 5.73 Å². The molecule has 0 aliphatic carbocycles. The highest BCUT2D eigenvalue weighted by atomic mass is 16.6. The number of oxazole rings is 1. The number of hydrogen-bond acceptors (Lipinski definition) is 7. The number of nitrogens with two attached hydrogens (primary N) is 1. The second kappa shape index (κ2) is 7.34. The molecule has 160 valence electrons. The normalized spacial score (nSPS) is 11.4. The summed E-state index contributed by atoms with van der Waals surface area (Å²) < 4.78 is 8.51. The van der Waals surface area contributed by atoms with E-state index in [1.165, 1.54) is 0 Å². The van der Waals surface area contributed by atoms with Crippen LogP contribution in [0.1, 0.15) is 12.5 Å². The maximum absolute atomic E-state index is 13.3. The van der Waals surface area contributed by atoms with Crippen LogP contribution in [-0.2, 0) is 13.1 Å². The third kappa shape index (κ3) is 2.92. The highest BCUT2D eigenvalue weighted by molar-refractivity contribution is 6.05. The Morgan fingerprint density at radius 3 is 2.53 bits per heavy atom. The summed E-state index contributed by atoms with van der Waals surface area (Å²) in [6.07, 6.45) is 0. The second-order valence-corrected chi connectivity index (χ2v) is 7.24. The van der Waals surface area contributed by atoms with E-state index in [1.807, 2.05) is 30.3 Å². The van der Waals surface area contributed by atoms with E-state index in [0.29, 0.717) is 11.1 Å². The molecule has 10 heteroatoms. The summed E-state index contributed by atoms with van der Waals surface area (Å²) >= 11 is 0. The molecule has 0 aliphatic rings. The van der Waals surface area contributed by atoms with Crippen molar-refractivity contribution >= 4 is 33.6 Å². The maximum atomic E-state index is 13.3. The van der Waals surface area contributed by atoms with Gasteiger partial charge in [0.1, 0.15) is 22.2 Å². The molecule has 0 saturated carbocycles. The van der Waals surface area contributed by atoms with Crippen molar-refractivity contribution < 1.29 is 9.34 Å². The predicted octanol–water partition coefficient (Wildman–Crippen LogP) is 3.56. The van der Waals surface area contributed by atoms with Crippen LogP contribution >= 0.6 is 0 Å². The van der Waals surface area contributed by atoms with Gasteiger partial charge in [0.25, 0.3) is 0 Å². The second-order valence-electron chi connectivity index (χ2n) is 7.24. The molecule has 0 spiro atoms. The minimum atomic E-state index is -0.619. The fourth-order valence-electron chi connectivity index (χ4n) is 3.88. The number of fused-ring (bicyclic) bond motifs is 2. The highest BCUT2D eigenvalue weighted by Crippen LogP contribution is 2.40. The lowest BCUT2D eigenvalue weighted by Crippen LogP contribution is -2.25. The smallest absolute Gasteiger partial charge is 0.399 e. The number of aromatic nitrogens is 4. The Hall–Kier alpha value is -4.47. The van der Waals surface area contributed by atoms with Crippen LogP contribution in [0.4, 0.5) is 11.6 Å². The van der Waals surface area contributed by atoms with Crippen LogP contribution in [0.3, 0.4) is 0 Å². The molecule has 5 rings (SSSR count). The van der Waals surface area contributed by atoms with Crippen molar-refractivity contribution in [3.05, 3.63) is 80.6 Å². The summed E-state index contributed by atoms with van der Waals surface area (Å²) in [5.74, 6) is -0.234. The Balaban J connectivity index is 1.91. The van der Waals surface area contributed by atoms with Gasteiger partial charge in [-0.2, -0.15) is 0 Å². The van der Waals surface area contributed by atoms with E-state index in [9.17, 15) is 14.9 Å². The molecule has 0 amide bonds. The van der Waals surface area contributed by atoms with E-state index in [-0.39, 0.29) is 41.3 Å². The van der Waals surface area contributed by atoms with Crippen molar-refractivity contribution in [2.24, 2.45) is 0 Å². The number of aryl methyl sites for hydroxylation is 1. The molecule has 0 unspecified atom stereocenters. The fourth-order valence-corrected chi connectivity index (χ4v) is 3.88. The minimum Gasteiger partial charge on any atom is -0.436 e. The maximum Gasteiger partial charge on any atom is 0.399 e. The van der Waals surface area contributed by atoms with E-state index >= 15 is 0 Å². The van der Waals surface area contributed by atoms with Gasteiger partial charge in [-0.1, -0.05) is 42.5 Å². The first-order valence-corrected chi connectivity index (χ1v) is 9.96. The molecule has 0 bridgehead atoms. The summed E-state index contributed by atoms with van der Waals surface area (Å²) in [6, 6.07) is 16.5. The lowest BCUT2D eigenvalue weighted by molar-refractivity contribution is -0.388. The first-order valence-electron chi connectivity index (χ1n) is 9.96. The molecule has 32 heavy (non-hydrogen) atoms. The molecule has 3 aromatic heterocycles. The van der Waals surface area contributed by atoms with Crippen molar-refractivity contribution in [1.82, 2.24) is 19.3 Å². The average molecular weight is 430 g/mol. The molecule has 5 aromatic rings. The molecule has 2 N–H and O–H groups in total. The number of rotatable bonds is 5. The summed E-state index contributed by atoms with van der Waals surface area (Å²) in [6.45, 7) is 2.10. The van der Waals surface area contributed by atoms with Gasteiger partial charge in [0.2, 0.25) is 5.89 Å². The first-order chi connectivity index (χ1) is 15.5. The van der Waals surface area contributed by atoms with Gasteiger partial charge in [0.15, 0.2) is 5.58 Å². The van der Waals surface area contributed by atoms with Gasteiger partial charge >= 0.3 is 11.4 Å². The van der Waals surface area contributed by atoms with Crippen molar-refractivity contribution in [3.8, 4) is 11.5 Å². The number of para-hydroxylation sites is 2. The minimum absolute atomic E-state index is 0.0182. The number of hydrogen-bond donors (Lipinski definition) is 1. The number of benzene rings is 2. The van der Waals surface area contributed by atoms with E-state index in [1.54, 1.807) is 35.8 Å². The lowest BCUT2D eigenvalue weighted by Gasteiger charge is -2.08. The summed E-state index contributed by atoms with van der Waals surface area (Å²) in [7, 11) is 0. The number of anilines is 1. The Labute approximate surface area is 180 Å². The third-order valence-corrected chi connectivity index (χ3v) is 5.34. The number of nitrogen functional groups attached to an aromatic ring is 1. The standard InChI is InChI=1S/C22H18N6O4/c1-2-27-22(29)18-16(20(25-27)28(30)31)17(21-24-14-10-6-7-11-15(14)32-21)19(23)26(18)12-13-8-4-3-5-9-13/h3-11H,2,12,23H2,1H3. The quantitative estimate of drug-likeness (QED) is 0.333. The summed E-state index contributed by atoms with van der Waals surface area (Å²) in [5.41, 5.74) is 8.27. The van der Waals surface area contributed by atoms with Crippen LogP contribution in [-0.4, -0.2) is 24.3 Å². The molecular formula is C22H18N6O4. The number of nitro groups is 1. The average Bonchev–Trinajstić information content (AvgIpc) is 3.34. The van der Waals surface area contributed by atoms with Gasteiger partial charge < -0.3 is 24.8 Å². The van der Waals surface area contributed by atoms with E-state index in [2.05, 4.69) is 10.1 Å². The van der Waals surface area contributed by atoms with E-state index in [0.717, 1.165) is 10.2 Å².